The van der Waals surface area contributed by atoms with E-state index in [4.69, 9.17) is 9.15 Å². The van der Waals surface area contributed by atoms with Gasteiger partial charge in [0, 0.05) is 36.9 Å². The van der Waals surface area contributed by atoms with Crippen molar-refractivity contribution < 1.29 is 19.1 Å². The number of nitrogens with one attached hydrogen (secondary N) is 3. The van der Waals surface area contributed by atoms with E-state index in [1.807, 2.05) is 25.1 Å². The molecule has 35 heavy (non-hydrogen) atoms. The molecule has 9 heteroatoms. The number of aryl methyl sites for hydroxylation is 1. The number of ether oxygens (including phenoxy) is 1. The van der Waals surface area contributed by atoms with Crippen LogP contribution in [-0.4, -0.2) is 45.7 Å². The largest absolute Gasteiger partial charge is 0.486 e. The van der Waals surface area contributed by atoms with Crippen LogP contribution < -0.4 is 20.7 Å². The van der Waals surface area contributed by atoms with E-state index in [1.165, 1.54) is 12.8 Å². The van der Waals surface area contributed by atoms with Crippen molar-refractivity contribution in [3.63, 3.8) is 0 Å². The van der Waals surface area contributed by atoms with E-state index < -0.39 is 6.10 Å². The maximum absolute atomic E-state index is 12.6. The molecule has 9 nitrogen and oxygen atoms in total. The van der Waals surface area contributed by atoms with Crippen LogP contribution in [0.4, 0.5) is 5.82 Å². The Hall–Kier alpha value is -3.43. The second-order valence-corrected chi connectivity index (χ2v) is 9.25. The van der Waals surface area contributed by atoms with Crippen molar-refractivity contribution in [3.8, 4) is 5.75 Å². The minimum Gasteiger partial charge on any atom is -0.486 e. The fraction of sp³-hybridized carbons (Fsp3) is 0.423. The Morgan fingerprint density at radius 2 is 2.14 bits per heavy atom. The molecule has 1 fully saturated rings. The molecule has 3 heterocycles. The molecule has 1 amide bonds. The number of carbonyl (C=O) groups is 1. The quantitative estimate of drug-likeness (QED) is 0.371. The van der Waals surface area contributed by atoms with Crippen molar-refractivity contribution in [1.82, 2.24) is 20.6 Å². The maximum Gasteiger partial charge on any atom is 0.251 e. The number of aliphatic hydroxyl groups excluding tert-OH is 1. The van der Waals surface area contributed by atoms with Crippen molar-refractivity contribution in [3.05, 3.63) is 71.1 Å². The lowest BCUT2D eigenvalue weighted by molar-refractivity contribution is 0.0870. The number of nitrogens with zero attached hydrogens (tertiary/aromatic N) is 2. The summed E-state index contributed by atoms with van der Waals surface area (Å²) in [6.07, 6.45) is 6.51. The average Bonchev–Trinajstić information content (AvgIpc) is 3.27. The van der Waals surface area contributed by atoms with Crippen LogP contribution in [-0.2, 0) is 19.6 Å². The highest BCUT2D eigenvalue weighted by Gasteiger charge is 2.25. The Labute approximate surface area is 204 Å². The summed E-state index contributed by atoms with van der Waals surface area (Å²) in [6.45, 7) is 2.99. The first kappa shape index (κ1) is 23.3. The number of carbonyl (C=O) groups excluding carboxylic acids is 1. The van der Waals surface area contributed by atoms with Gasteiger partial charge in [-0.2, -0.15) is 0 Å². The summed E-state index contributed by atoms with van der Waals surface area (Å²) in [4.78, 5) is 21.0. The number of aromatic nitrogens is 2. The van der Waals surface area contributed by atoms with Gasteiger partial charge in [-0.25, -0.2) is 9.97 Å². The van der Waals surface area contributed by atoms with E-state index in [-0.39, 0.29) is 18.5 Å². The van der Waals surface area contributed by atoms with Gasteiger partial charge in [0.2, 0.25) is 0 Å². The van der Waals surface area contributed by atoms with E-state index in [0.29, 0.717) is 42.8 Å². The van der Waals surface area contributed by atoms with E-state index in [0.717, 1.165) is 35.4 Å². The smallest absolute Gasteiger partial charge is 0.251 e. The molecule has 1 saturated carbocycles. The van der Waals surface area contributed by atoms with Crippen LogP contribution in [0, 0.1) is 6.92 Å². The number of rotatable bonds is 9. The standard InChI is InChI=1S/C26H31N5O4/c1-16-24(35-15-30-16)14-34-21-6-5-17-10-22(28-12-19(17)9-21)23(32)13-29-26(33)18-7-8-27-25(11-18)31-20-3-2-4-20/h5-9,11,15,20,22-23,28,32H,2-4,10,12-14H2,1H3,(H,27,31)(H,29,33)/t22-,23?/m0/s1. The number of anilines is 1. The van der Waals surface area contributed by atoms with Gasteiger partial charge in [0.1, 0.15) is 18.2 Å². The number of pyridine rings is 1. The van der Waals surface area contributed by atoms with Gasteiger partial charge in [-0.3, -0.25) is 4.79 Å². The summed E-state index contributed by atoms with van der Waals surface area (Å²) in [5.41, 5.74) is 3.64. The number of hydrogen-bond donors (Lipinski definition) is 4. The molecule has 1 aliphatic heterocycles. The third kappa shape index (κ3) is 5.63. The highest BCUT2D eigenvalue weighted by molar-refractivity contribution is 5.94. The molecule has 1 aromatic carbocycles. The molecular formula is C26H31N5O4. The molecule has 1 aliphatic carbocycles. The summed E-state index contributed by atoms with van der Waals surface area (Å²) >= 11 is 0. The number of benzene rings is 1. The Bertz CT molecular complexity index is 1180. The van der Waals surface area contributed by atoms with Gasteiger partial charge < -0.3 is 30.2 Å². The first-order valence-corrected chi connectivity index (χ1v) is 12.1. The molecule has 1 unspecified atom stereocenters. The molecule has 2 aromatic heterocycles. The molecule has 4 N–H and O–H groups in total. The van der Waals surface area contributed by atoms with Crippen LogP contribution in [0.3, 0.4) is 0 Å². The Balaban J connectivity index is 1.12. The minimum atomic E-state index is -0.716. The zero-order valence-electron chi connectivity index (χ0n) is 19.8. The molecule has 0 bridgehead atoms. The second kappa shape index (κ2) is 10.5. The zero-order chi connectivity index (χ0) is 24.2. The molecule has 5 rings (SSSR count). The van der Waals surface area contributed by atoms with Gasteiger partial charge in [0.05, 0.1) is 11.8 Å². The van der Waals surface area contributed by atoms with Crippen molar-refractivity contribution in [1.29, 1.82) is 0 Å². The first-order chi connectivity index (χ1) is 17.0. The molecule has 0 radical (unpaired) electrons. The van der Waals surface area contributed by atoms with Gasteiger partial charge in [-0.05, 0) is 68.0 Å². The molecule has 184 valence electrons. The highest BCUT2D eigenvalue weighted by Crippen LogP contribution is 2.25. The third-order valence-electron chi connectivity index (χ3n) is 6.80. The molecule has 2 aliphatic rings. The van der Waals surface area contributed by atoms with Crippen LogP contribution in [0.2, 0.25) is 0 Å². The van der Waals surface area contributed by atoms with Crippen LogP contribution in [0.1, 0.15) is 52.2 Å². The Kier molecular flexibility index (Phi) is 6.96. The van der Waals surface area contributed by atoms with Crippen molar-refractivity contribution in [2.75, 3.05) is 11.9 Å². The SMILES string of the molecule is Cc1ncoc1COc1ccc2c(c1)CN[C@H](C(O)CNC(=O)c1ccnc(NC3CCC3)c1)C2. The van der Waals surface area contributed by atoms with Crippen LogP contribution in [0.25, 0.3) is 0 Å². The number of fused-ring (bicyclic) bond motifs is 1. The number of aliphatic hydroxyl groups is 1. The summed E-state index contributed by atoms with van der Waals surface area (Å²) in [6, 6.07) is 9.72. The summed E-state index contributed by atoms with van der Waals surface area (Å²) in [5, 5.41) is 20.3. The Morgan fingerprint density at radius 1 is 1.26 bits per heavy atom. The van der Waals surface area contributed by atoms with Crippen molar-refractivity contribution >= 4 is 11.7 Å². The van der Waals surface area contributed by atoms with E-state index in [1.54, 1.807) is 18.3 Å². The van der Waals surface area contributed by atoms with Gasteiger partial charge in [-0.15, -0.1) is 0 Å². The van der Waals surface area contributed by atoms with Crippen LogP contribution >= 0.6 is 0 Å². The lowest BCUT2D eigenvalue weighted by atomic mass is 9.92. The fourth-order valence-corrected chi connectivity index (χ4v) is 4.35. The lowest BCUT2D eigenvalue weighted by Crippen LogP contribution is -2.49. The van der Waals surface area contributed by atoms with Gasteiger partial charge in [0.15, 0.2) is 12.2 Å². The van der Waals surface area contributed by atoms with Gasteiger partial charge in [0.25, 0.3) is 5.91 Å². The zero-order valence-corrected chi connectivity index (χ0v) is 19.8. The molecule has 2 atom stereocenters. The first-order valence-electron chi connectivity index (χ1n) is 12.1. The predicted molar refractivity (Wildman–Crippen MR) is 130 cm³/mol. The van der Waals surface area contributed by atoms with E-state index in [9.17, 15) is 9.90 Å². The van der Waals surface area contributed by atoms with Crippen molar-refractivity contribution in [2.45, 2.75) is 63.9 Å². The maximum atomic E-state index is 12.6. The van der Waals surface area contributed by atoms with Gasteiger partial charge >= 0.3 is 0 Å². The topological polar surface area (TPSA) is 122 Å². The monoisotopic (exact) mass is 477 g/mol. The number of amides is 1. The molecule has 0 spiro atoms. The molecule has 3 aromatic rings. The van der Waals surface area contributed by atoms with Crippen molar-refractivity contribution in [2.24, 2.45) is 0 Å². The van der Waals surface area contributed by atoms with Crippen LogP contribution in [0.15, 0.2) is 47.3 Å². The Morgan fingerprint density at radius 3 is 2.91 bits per heavy atom. The minimum absolute atomic E-state index is 0.153. The summed E-state index contributed by atoms with van der Waals surface area (Å²) < 4.78 is 11.2. The second-order valence-electron chi connectivity index (χ2n) is 9.25. The normalized spacial score (nSPS) is 18.3. The average molecular weight is 478 g/mol. The number of oxazole rings is 1. The molecular weight excluding hydrogens is 446 g/mol. The third-order valence-corrected chi connectivity index (χ3v) is 6.80. The summed E-state index contributed by atoms with van der Waals surface area (Å²) in [5.74, 6) is 1.97. The lowest BCUT2D eigenvalue weighted by Gasteiger charge is -2.30. The fourth-order valence-electron chi connectivity index (χ4n) is 4.35. The van der Waals surface area contributed by atoms with E-state index >= 15 is 0 Å². The molecule has 0 saturated heterocycles. The van der Waals surface area contributed by atoms with Gasteiger partial charge in [-0.1, -0.05) is 6.07 Å². The van der Waals surface area contributed by atoms with E-state index in [2.05, 4.69) is 25.9 Å². The highest BCUT2D eigenvalue weighted by atomic mass is 16.5. The van der Waals surface area contributed by atoms with Crippen LogP contribution in [0.5, 0.6) is 5.75 Å². The number of hydrogen-bond acceptors (Lipinski definition) is 8. The summed E-state index contributed by atoms with van der Waals surface area (Å²) in [7, 11) is 0. The predicted octanol–water partition coefficient (Wildman–Crippen LogP) is 2.73.